The number of methoxy groups -OCH3 is 1. The van der Waals surface area contributed by atoms with E-state index in [0.717, 1.165) is 17.7 Å². The van der Waals surface area contributed by atoms with Crippen molar-refractivity contribution in [2.75, 3.05) is 26.9 Å². The number of ether oxygens (including phenoxy) is 4. The third kappa shape index (κ3) is 5.61. The normalized spacial score (nSPS) is 14.9. The van der Waals surface area contributed by atoms with Crippen LogP contribution in [0.25, 0.3) is 6.08 Å². The molecule has 8 nitrogen and oxygen atoms in total. The Hall–Kier alpha value is -3.85. The number of esters is 1. The second-order valence-electron chi connectivity index (χ2n) is 8.17. The molecule has 0 spiro atoms. The van der Waals surface area contributed by atoms with Gasteiger partial charge in [0.1, 0.15) is 5.75 Å². The van der Waals surface area contributed by atoms with Crippen LogP contribution in [0.1, 0.15) is 44.4 Å². The Kier molecular flexibility index (Phi) is 8.45. The molecule has 37 heavy (non-hydrogen) atoms. The first-order chi connectivity index (χ1) is 18.0. The van der Waals surface area contributed by atoms with Crippen LogP contribution in [0.3, 0.4) is 0 Å². The van der Waals surface area contributed by atoms with Crippen LogP contribution in [0.15, 0.2) is 64.0 Å². The molecule has 0 amide bonds. The molecule has 0 saturated heterocycles. The van der Waals surface area contributed by atoms with Crippen molar-refractivity contribution < 1.29 is 23.7 Å². The average molecular weight is 523 g/mol. The Morgan fingerprint density at radius 1 is 1.03 bits per heavy atom. The second kappa shape index (κ2) is 11.9. The number of carbonyl (C=O) groups is 1. The summed E-state index contributed by atoms with van der Waals surface area (Å²) in [6.07, 6.45) is 4.22. The minimum Gasteiger partial charge on any atom is -0.494 e. The zero-order valence-corrected chi connectivity index (χ0v) is 22.2. The fourth-order valence-electron chi connectivity index (χ4n) is 4.02. The fraction of sp³-hybridized carbons (Fsp3) is 0.321. The standard InChI is InChI=1S/C28H30N2O6S/c1-5-14-36-20-11-8-18(9-12-20)15-24-26(31)30-25(21(27(32)33-4)17-29-28(30)37-24)19-10-13-22(34-6-2)23(16-19)35-7-3/h8-13,15-17,25H,5-7,14H2,1-4H3/b24-15-/t25-/m0/s1. The monoisotopic (exact) mass is 522 g/mol. The smallest absolute Gasteiger partial charge is 0.337 e. The number of carbonyl (C=O) groups excluding carboxylic acids is 1. The quantitative estimate of drug-likeness (QED) is 0.378. The fourth-order valence-corrected chi connectivity index (χ4v) is 4.99. The maximum absolute atomic E-state index is 13.7. The van der Waals surface area contributed by atoms with Gasteiger partial charge in [-0.1, -0.05) is 36.5 Å². The predicted molar refractivity (Wildman–Crippen MR) is 142 cm³/mol. The number of fused-ring (bicyclic) bond motifs is 1. The van der Waals surface area contributed by atoms with Crippen LogP contribution >= 0.6 is 11.3 Å². The van der Waals surface area contributed by atoms with Gasteiger partial charge in [-0.15, -0.1) is 0 Å². The molecule has 194 valence electrons. The van der Waals surface area contributed by atoms with E-state index in [2.05, 4.69) is 11.9 Å². The Morgan fingerprint density at radius 2 is 1.76 bits per heavy atom. The predicted octanol–water partition coefficient (Wildman–Crippen LogP) is 3.60. The van der Waals surface area contributed by atoms with E-state index in [0.29, 0.717) is 46.2 Å². The lowest BCUT2D eigenvalue weighted by Gasteiger charge is -2.23. The maximum atomic E-state index is 13.7. The zero-order chi connectivity index (χ0) is 26.4. The highest BCUT2D eigenvalue weighted by molar-refractivity contribution is 7.07. The summed E-state index contributed by atoms with van der Waals surface area (Å²) in [5.41, 5.74) is 1.55. The van der Waals surface area contributed by atoms with Crippen LogP contribution in [0.2, 0.25) is 0 Å². The van der Waals surface area contributed by atoms with Gasteiger partial charge in [-0.05, 0) is 61.7 Å². The van der Waals surface area contributed by atoms with Crippen molar-refractivity contribution >= 4 is 23.4 Å². The summed E-state index contributed by atoms with van der Waals surface area (Å²) in [6.45, 7) is 7.40. The first-order valence-electron chi connectivity index (χ1n) is 12.2. The van der Waals surface area contributed by atoms with Gasteiger partial charge >= 0.3 is 5.97 Å². The Balaban J connectivity index is 1.81. The summed E-state index contributed by atoms with van der Waals surface area (Å²) < 4.78 is 24.2. The van der Waals surface area contributed by atoms with Crippen molar-refractivity contribution in [3.8, 4) is 17.2 Å². The molecule has 0 aliphatic carbocycles. The van der Waals surface area contributed by atoms with Crippen LogP contribution in [0, 0.1) is 0 Å². The number of thiazole rings is 1. The second-order valence-corrected chi connectivity index (χ2v) is 9.17. The maximum Gasteiger partial charge on any atom is 0.337 e. The molecule has 0 fully saturated rings. The van der Waals surface area contributed by atoms with Crippen molar-refractivity contribution in [1.29, 1.82) is 0 Å². The van der Waals surface area contributed by atoms with Gasteiger partial charge in [0.05, 0.1) is 43.1 Å². The largest absolute Gasteiger partial charge is 0.494 e. The molecular weight excluding hydrogens is 492 g/mol. The van der Waals surface area contributed by atoms with E-state index in [-0.39, 0.29) is 11.1 Å². The van der Waals surface area contributed by atoms with Gasteiger partial charge in [0.25, 0.3) is 5.56 Å². The van der Waals surface area contributed by atoms with E-state index in [1.165, 1.54) is 29.2 Å². The Labute approximate surface area is 219 Å². The lowest BCUT2D eigenvalue weighted by Crippen LogP contribution is -2.39. The SMILES string of the molecule is CCCOc1ccc(/C=c2\sc3n(c2=O)[C@@H](c2ccc(OCC)c(OCC)c2)C(C(=O)OC)=CN=3)cc1. The Bertz CT molecular complexity index is 1470. The molecule has 0 bridgehead atoms. The van der Waals surface area contributed by atoms with Gasteiger partial charge in [0.15, 0.2) is 16.3 Å². The van der Waals surface area contributed by atoms with Crippen molar-refractivity contribution in [3.05, 3.63) is 85.1 Å². The van der Waals surface area contributed by atoms with Crippen LogP contribution in [-0.4, -0.2) is 37.5 Å². The molecule has 1 aliphatic rings. The number of hydrogen-bond acceptors (Lipinski definition) is 8. The van der Waals surface area contributed by atoms with Crippen LogP contribution in [0.5, 0.6) is 17.2 Å². The van der Waals surface area contributed by atoms with E-state index >= 15 is 0 Å². The van der Waals surface area contributed by atoms with Crippen molar-refractivity contribution in [1.82, 2.24) is 4.57 Å². The van der Waals surface area contributed by atoms with Gasteiger partial charge in [0.2, 0.25) is 0 Å². The topological polar surface area (TPSA) is 88.3 Å². The first kappa shape index (κ1) is 26.2. The molecule has 0 saturated carbocycles. The molecule has 2 aromatic carbocycles. The van der Waals surface area contributed by atoms with Crippen molar-refractivity contribution in [2.45, 2.75) is 33.2 Å². The Morgan fingerprint density at radius 3 is 2.43 bits per heavy atom. The summed E-state index contributed by atoms with van der Waals surface area (Å²) in [5.74, 6) is 1.35. The molecule has 2 heterocycles. The number of aromatic nitrogens is 1. The highest BCUT2D eigenvalue weighted by Gasteiger charge is 2.31. The molecule has 4 rings (SSSR count). The first-order valence-corrected chi connectivity index (χ1v) is 13.0. The van der Waals surface area contributed by atoms with Gasteiger partial charge < -0.3 is 18.9 Å². The van der Waals surface area contributed by atoms with Gasteiger partial charge in [-0.25, -0.2) is 9.79 Å². The summed E-state index contributed by atoms with van der Waals surface area (Å²) in [6, 6.07) is 12.3. The molecule has 1 atom stereocenters. The van der Waals surface area contributed by atoms with Crippen molar-refractivity contribution in [2.24, 2.45) is 4.99 Å². The third-order valence-corrected chi connectivity index (χ3v) is 6.66. The highest BCUT2D eigenvalue weighted by Crippen LogP contribution is 2.35. The van der Waals surface area contributed by atoms with Crippen LogP contribution < -0.4 is 29.1 Å². The lowest BCUT2D eigenvalue weighted by molar-refractivity contribution is -0.136. The van der Waals surface area contributed by atoms with E-state index in [9.17, 15) is 9.59 Å². The molecule has 0 N–H and O–H groups in total. The molecule has 1 aliphatic heterocycles. The summed E-state index contributed by atoms with van der Waals surface area (Å²) >= 11 is 1.26. The third-order valence-electron chi connectivity index (χ3n) is 5.66. The molecular formula is C28H30N2O6S. The van der Waals surface area contributed by atoms with Crippen LogP contribution in [0.4, 0.5) is 0 Å². The van der Waals surface area contributed by atoms with Gasteiger partial charge in [-0.2, -0.15) is 0 Å². The van der Waals surface area contributed by atoms with Crippen LogP contribution in [-0.2, 0) is 9.53 Å². The summed E-state index contributed by atoms with van der Waals surface area (Å²) in [5, 5.41) is 0. The molecule has 3 aromatic rings. The number of hydrogen-bond donors (Lipinski definition) is 0. The molecule has 1 aromatic heterocycles. The summed E-state index contributed by atoms with van der Waals surface area (Å²) in [4.78, 5) is 31.3. The summed E-state index contributed by atoms with van der Waals surface area (Å²) in [7, 11) is 1.31. The van der Waals surface area contributed by atoms with E-state index in [4.69, 9.17) is 18.9 Å². The number of benzene rings is 2. The molecule has 0 unspecified atom stereocenters. The van der Waals surface area contributed by atoms with Gasteiger partial charge in [-0.3, -0.25) is 9.36 Å². The average Bonchev–Trinajstić information content (AvgIpc) is 3.23. The minimum atomic E-state index is -0.731. The zero-order valence-electron chi connectivity index (χ0n) is 21.4. The van der Waals surface area contributed by atoms with E-state index in [1.54, 1.807) is 12.1 Å². The molecule has 9 heteroatoms. The van der Waals surface area contributed by atoms with E-state index < -0.39 is 12.0 Å². The highest BCUT2D eigenvalue weighted by atomic mass is 32.1. The van der Waals surface area contributed by atoms with Gasteiger partial charge in [0, 0.05) is 6.20 Å². The van der Waals surface area contributed by atoms with E-state index in [1.807, 2.05) is 50.3 Å². The number of nitrogens with zero attached hydrogens (tertiary/aromatic N) is 2. The van der Waals surface area contributed by atoms with Crippen molar-refractivity contribution in [3.63, 3.8) is 0 Å². The molecule has 0 radical (unpaired) electrons. The lowest BCUT2D eigenvalue weighted by atomic mass is 9.97. The number of rotatable bonds is 10. The minimum absolute atomic E-state index is 0.249.